The second kappa shape index (κ2) is 7.23. The van der Waals surface area contributed by atoms with E-state index in [1.54, 1.807) is 12.1 Å². The van der Waals surface area contributed by atoms with E-state index < -0.39 is 11.9 Å². The number of carbonyl (C=O) groups excluding carboxylic acids is 1. The summed E-state index contributed by atoms with van der Waals surface area (Å²) in [5, 5.41) is 12.0. The number of carboxylic acids is 1. The van der Waals surface area contributed by atoms with Gasteiger partial charge in [-0.25, -0.2) is 4.79 Å². The molecule has 100 valence electrons. The molecular formula is C13H13ClN2O3. The molecule has 5 nitrogen and oxygen atoms in total. The average molecular weight is 281 g/mol. The first kappa shape index (κ1) is 14.8. The van der Waals surface area contributed by atoms with E-state index >= 15 is 0 Å². The highest BCUT2D eigenvalue weighted by Crippen LogP contribution is 2.09. The van der Waals surface area contributed by atoms with Crippen molar-refractivity contribution in [3.63, 3.8) is 0 Å². The van der Waals surface area contributed by atoms with E-state index in [2.05, 4.69) is 5.32 Å². The summed E-state index contributed by atoms with van der Waals surface area (Å²) in [5.41, 5.74) is 6.16. The molecule has 1 aromatic rings. The summed E-state index contributed by atoms with van der Waals surface area (Å²) >= 11 is 5.75. The molecule has 0 aliphatic carbocycles. The van der Waals surface area contributed by atoms with E-state index in [4.69, 9.17) is 22.4 Å². The molecular weight excluding hydrogens is 268 g/mol. The van der Waals surface area contributed by atoms with Crippen molar-refractivity contribution in [3.05, 3.63) is 58.8 Å². The molecule has 0 aliphatic heterocycles. The van der Waals surface area contributed by atoms with E-state index in [0.717, 1.165) is 17.7 Å². The number of halogens is 1. The van der Waals surface area contributed by atoms with Crippen molar-refractivity contribution in [2.45, 2.75) is 6.54 Å². The predicted molar refractivity (Wildman–Crippen MR) is 72.3 cm³/mol. The molecule has 0 unspecified atom stereocenters. The monoisotopic (exact) mass is 280 g/mol. The standard InChI is InChI=1S/C13H13ClN2O3/c14-11-4-1-9(2-5-11)7-16-8-10(13(15)19)3-6-12(17)18/h1-6,8,16H,7H2,(H2,15,19)(H,17,18)/b6-3+,10-8-. The van der Waals surface area contributed by atoms with Crippen LogP contribution in [0, 0.1) is 0 Å². The zero-order valence-corrected chi connectivity index (χ0v) is 10.7. The third kappa shape index (κ3) is 5.74. The van der Waals surface area contributed by atoms with Gasteiger partial charge in [0.05, 0.1) is 5.57 Å². The number of hydrogen-bond donors (Lipinski definition) is 3. The Hall–Kier alpha value is -2.27. The summed E-state index contributed by atoms with van der Waals surface area (Å²) in [6, 6.07) is 7.17. The minimum Gasteiger partial charge on any atom is -0.478 e. The highest BCUT2D eigenvalue weighted by atomic mass is 35.5. The van der Waals surface area contributed by atoms with Gasteiger partial charge in [0, 0.05) is 23.8 Å². The van der Waals surface area contributed by atoms with Crippen LogP contribution in [-0.4, -0.2) is 17.0 Å². The van der Waals surface area contributed by atoms with Gasteiger partial charge in [0.1, 0.15) is 0 Å². The van der Waals surface area contributed by atoms with Gasteiger partial charge in [-0.05, 0) is 23.8 Å². The van der Waals surface area contributed by atoms with Gasteiger partial charge in [-0.1, -0.05) is 23.7 Å². The van der Waals surface area contributed by atoms with Crippen molar-refractivity contribution in [1.29, 1.82) is 0 Å². The number of benzene rings is 1. The van der Waals surface area contributed by atoms with Gasteiger partial charge in [-0.3, -0.25) is 4.79 Å². The Bertz CT molecular complexity index is 521. The Labute approximate surface area is 115 Å². The topological polar surface area (TPSA) is 92.4 Å². The van der Waals surface area contributed by atoms with Gasteiger partial charge in [0.15, 0.2) is 0 Å². The number of rotatable bonds is 6. The van der Waals surface area contributed by atoms with Crippen LogP contribution in [0.4, 0.5) is 0 Å². The fourth-order valence-corrected chi connectivity index (χ4v) is 1.37. The third-order valence-electron chi connectivity index (χ3n) is 2.17. The summed E-state index contributed by atoms with van der Waals surface area (Å²) in [5.74, 6) is -1.86. The second-order valence-electron chi connectivity index (χ2n) is 3.64. The van der Waals surface area contributed by atoms with Gasteiger partial charge in [-0.15, -0.1) is 0 Å². The van der Waals surface area contributed by atoms with Crippen molar-refractivity contribution in [2.24, 2.45) is 5.73 Å². The van der Waals surface area contributed by atoms with Gasteiger partial charge in [0.25, 0.3) is 0 Å². The number of amides is 1. The Balaban J connectivity index is 2.63. The van der Waals surface area contributed by atoms with Gasteiger partial charge in [-0.2, -0.15) is 0 Å². The van der Waals surface area contributed by atoms with Crippen LogP contribution in [0.1, 0.15) is 5.56 Å². The van der Waals surface area contributed by atoms with Crippen molar-refractivity contribution >= 4 is 23.5 Å². The number of aliphatic carboxylic acids is 1. The second-order valence-corrected chi connectivity index (χ2v) is 4.08. The van der Waals surface area contributed by atoms with Crippen LogP contribution in [0.5, 0.6) is 0 Å². The summed E-state index contributed by atoms with van der Waals surface area (Å²) in [7, 11) is 0. The molecule has 0 saturated carbocycles. The minimum absolute atomic E-state index is 0.0800. The Morgan fingerprint density at radius 2 is 1.89 bits per heavy atom. The summed E-state index contributed by atoms with van der Waals surface area (Å²) in [6.45, 7) is 0.467. The number of primary amides is 1. The van der Waals surface area contributed by atoms with Crippen LogP contribution in [0.15, 0.2) is 48.2 Å². The average Bonchev–Trinajstić information content (AvgIpc) is 2.35. The molecule has 0 bridgehead atoms. The zero-order chi connectivity index (χ0) is 14.3. The van der Waals surface area contributed by atoms with Crippen LogP contribution in [0.3, 0.4) is 0 Å². The van der Waals surface area contributed by atoms with Gasteiger partial charge >= 0.3 is 5.97 Å². The molecule has 6 heteroatoms. The molecule has 0 fully saturated rings. The highest BCUT2D eigenvalue weighted by molar-refractivity contribution is 6.30. The first-order chi connectivity index (χ1) is 8.99. The van der Waals surface area contributed by atoms with E-state index in [9.17, 15) is 9.59 Å². The number of carboxylic acid groups (broad SMARTS) is 1. The summed E-state index contributed by atoms with van der Waals surface area (Å²) in [4.78, 5) is 21.4. The lowest BCUT2D eigenvalue weighted by atomic mass is 10.2. The Kier molecular flexibility index (Phi) is 5.63. The molecule has 0 saturated heterocycles. The fourth-order valence-electron chi connectivity index (χ4n) is 1.24. The van der Waals surface area contributed by atoms with Gasteiger partial charge in [0.2, 0.25) is 5.91 Å². The molecule has 0 spiro atoms. The first-order valence-corrected chi connectivity index (χ1v) is 5.75. The first-order valence-electron chi connectivity index (χ1n) is 5.38. The Morgan fingerprint density at radius 3 is 2.42 bits per heavy atom. The van der Waals surface area contributed by atoms with Crippen molar-refractivity contribution in [3.8, 4) is 0 Å². The quantitative estimate of drug-likeness (QED) is 0.543. The maximum atomic E-state index is 11.1. The molecule has 19 heavy (non-hydrogen) atoms. The van der Waals surface area contributed by atoms with E-state index in [0.29, 0.717) is 11.6 Å². The third-order valence-corrected chi connectivity index (χ3v) is 2.42. The predicted octanol–water partition coefficient (Wildman–Crippen LogP) is 1.44. The van der Waals surface area contributed by atoms with E-state index in [1.807, 2.05) is 12.1 Å². The molecule has 0 atom stereocenters. The maximum absolute atomic E-state index is 11.1. The largest absolute Gasteiger partial charge is 0.478 e. The Morgan fingerprint density at radius 1 is 1.26 bits per heavy atom. The van der Waals surface area contributed by atoms with Crippen molar-refractivity contribution in [2.75, 3.05) is 0 Å². The molecule has 1 amide bonds. The SMILES string of the molecule is NC(=O)C(=C\NCc1ccc(Cl)cc1)/C=C/C(=O)O. The molecule has 1 rings (SSSR count). The number of carbonyl (C=O) groups is 2. The number of nitrogens with two attached hydrogens (primary N) is 1. The summed E-state index contributed by atoms with van der Waals surface area (Å²) < 4.78 is 0. The molecule has 0 aliphatic rings. The molecule has 1 aromatic carbocycles. The van der Waals surface area contributed by atoms with Crippen LogP contribution in [0.2, 0.25) is 5.02 Å². The van der Waals surface area contributed by atoms with Crippen LogP contribution in [-0.2, 0) is 16.1 Å². The lowest BCUT2D eigenvalue weighted by Crippen LogP contribution is -2.16. The highest BCUT2D eigenvalue weighted by Gasteiger charge is 2.01. The zero-order valence-electron chi connectivity index (χ0n) is 9.97. The van der Waals surface area contributed by atoms with Crippen LogP contribution in [0.25, 0.3) is 0 Å². The molecule has 0 aromatic heterocycles. The fraction of sp³-hybridized carbons (Fsp3) is 0.0769. The van der Waals surface area contributed by atoms with Crippen molar-refractivity contribution < 1.29 is 14.7 Å². The number of hydrogen-bond acceptors (Lipinski definition) is 3. The van der Waals surface area contributed by atoms with Gasteiger partial charge < -0.3 is 16.2 Å². The molecule has 0 radical (unpaired) electrons. The van der Waals surface area contributed by atoms with Crippen LogP contribution < -0.4 is 11.1 Å². The molecule has 0 heterocycles. The van der Waals surface area contributed by atoms with Crippen LogP contribution >= 0.6 is 11.6 Å². The minimum atomic E-state index is -1.15. The molecule has 4 N–H and O–H groups in total. The van der Waals surface area contributed by atoms with Crippen molar-refractivity contribution in [1.82, 2.24) is 5.32 Å². The normalized spacial score (nSPS) is 11.5. The van der Waals surface area contributed by atoms with E-state index in [1.165, 1.54) is 6.20 Å². The lowest BCUT2D eigenvalue weighted by Gasteiger charge is -2.03. The maximum Gasteiger partial charge on any atom is 0.328 e. The smallest absolute Gasteiger partial charge is 0.328 e. The summed E-state index contributed by atoms with van der Waals surface area (Å²) in [6.07, 6.45) is 3.36. The number of nitrogens with one attached hydrogen (secondary N) is 1. The van der Waals surface area contributed by atoms with E-state index in [-0.39, 0.29) is 5.57 Å². The lowest BCUT2D eigenvalue weighted by molar-refractivity contribution is -0.131.